The molecule has 1 N–H and O–H groups in total. The number of benzene rings is 1. The van der Waals surface area contributed by atoms with Crippen LogP contribution in [0.25, 0.3) is 5.69 Å². The van der Waals surface area contributed by atoms with Gasteiger partial charge in [0.05, 0.1) is 16.4 Å². The molecule has 140 valence electrons. The first-order valence-electron chi connectivity index (χ1n) is 9.70. The summed E-state index contributed by atoms with van der Waals surface area (Å²) in [6, 6.07) is 5.64. The van der Waals surface area contributed by atoms with Crippen LogP contribution in [-0.2, 0) is 6.42 Å². The number of hydrogen-bond acceptors (Lipinski definition) is 3. The summed E-state index contributed by atoms with van der Waals surface area (Å²) in [6.07, 6.45) is 5.94. The van der Waals surface area contributed by atoms with Crippen molar-refractivity contribution in [2.45, 2.75) is 44.9 Å². The molecular weight excluding hydrogens is 367 g/mol. The summed E-state index contributed by atoms with van der Waals surface area (Å²) in [5.74, 6) is 1.63. The van der Waals surface area contributed by atoms with Gasteiger partial charge in [0.15, 0.2) is 0 Å². The Morgan fingerprint density at radius 3 is 2.92 bits per heavy atom. The molecule has 0 saturated carbocycles. The highest BCUT2D eigenvalue weighted by Gasteiger charge is 2.29. The van der Waals surface area contributed by atoms with Crippen LogP contribution in [0.4, 0.5) is 5.82 Å². The van der Waals surface area contributed by atoms with E-state index in [1.807, 2.05) is 16.8 Å². The zero-order chi connectivity index (χ0) is 18.1. The molecule has 2 aliphatic heterocycles. The number of likely N-dealkylation sites (N-methyl/N-ethyl adjacent to an activating group) is 1. The third-order valence-electron chi connectivity index (χ3n) is 5.64. The van der Waals surface area contributed by atoms with Gasteiger partial charge in [0.1, 0.15) is 5.82 Å². The average Bonchev–Trinajstić information content (AvgIpc) is 2.83. The molecule has 1 fully saturated rings. The second-order valence-electron chi connectivity index (χ2n) is 7.34. The lowest BCUT2D eigenvalue weighted by Gasteiger charge is -2.31. The van der Waals surface area contributed by atoms with Crippen LogP contribution in [0.3, 0.4) is 0 Å². The van der Waals surface area contributed by atoms with Gasteiger partial charge in [-0.3, -0.25) is 0 Å². The van der Waals surface area contributed by atoms with E-state index in [2.05, 4.69) is 17.1 Å². The van der Waals surface area contributed by atoms with Crippen molar-refractivity contribution in [3.05, 3.63) is 39.5 Å². The lowest BCUT2D eigenvalue weighted by Crippen LogP contribution is -2.34. The Labute approximate surface area is 165 Å². The van der Waals surface area contributed by atoms with E-state index in [0.29, 0.717) is 16.0 Å². The molecular formula is C20H26Cl2N4. The normalized spacial score (nSPS) is 21.1. The van der Waals surface area contributed by atoms with E-state index in [1.165, 1.54) is 43.5 Å². The van der Waals surface area contributed by atoms with Crippen LogP contribution in [0.15, 0.2) is 18.2 Å². The molecule has 0 radical (unpaired) electrons. The van der Waals surface area contributed by atoms with Crippen molar-refractivity contribution >= 4 is 29.0 Å². The highest BCUT2D eigenvalue weighted by molar-refractivity contribution is 6.35. The first kappa shape index (κ1) is 18.1. The van der Waals surface area contributed by atoms with Gasteiger partial charge >= 0.3 is 0 Å². The molecule has 26 heavy (non-hydrogen) atoms. The summed E-state index contributed by atoms with van der Waals surface area (Å²) < 4.78 is 2.01. The largest absolute Gasteiger partial charge is 0.370 e. The highest BCUT2D eigenvalue weighted by atomic mass is 35.5. The molecule has 1 atom stereocenters. The van der Waals surface area contributed by atoms with Gasteiger partial charge in [-0.05, 0) is 63.4 Å². The number of halogens is 2. The van der Waals surface area contributed by atoms with Crippen LogP contribution in [0.1, 0.15) is 49.8 Å². The Morgan fingerprint density at radius 1 is 1.23 bits per heavy atom. The molecule has 1 aromatic carbocycles. The van der Waals surface area contributed by atoms with Crippen LogP contribution in [-0.4, -0.2) is 40.9 Å². The number of rotatable bonds is 3. The van der Waals surface area contributed by atoms with Crippen LogP contribution in [0.5, 0.6) is 0 Å². The predicted octanol–water partition coefficient (Wildman–Crippen LogP) is 5.13. The van der Waals surface area contributed by atoms with Gasteiger partial charge in [-0.15, -0.1) is 0 Å². The number of piperidine rings is 1. The fourth-order valence-electron chi connectivity index (χ4n) is 4.25. The number of nitrogens with one attached hydrogen (secondary N) is 1. The third-order valence-corrected chi connectivity index (χ3v) is 6.18. The molecule has 1 unspecified atom stereocenters. The lowest BCUT2D eigenvalue weighted by molar-refractivity contribution is 0.215. The zero-order valence-corrected chi connectivity index (χ0v) is 16.8. The van der Waals surface area contributed by atoms with Crippen molar-refractivity contribution in [2.75, 3.05) is 31.5 Å². The number of anilines is 1. The van der Waals surface area contributed by atoms with Crippen molar-refractivity contribution < 1.29 is 0 Å². The van der Waals surface area contributed by atoms with Gasteiger partial charge in [-0.2, -0.15) is 5.10 Å². The summed E-state index contributed by atoms with van der Waals surface area (Å²) in [6.45, 7) is 6.65. The van der Waals surface area contributed by atoms with E-state index in [0.717, 1.165) is 37.6 Å². The molecule has 1 aromatic heterocycles. The quantitative estimate of drug-likeness (QED) is 0.785. The number of likely N-dealkylation sites (tertiary alicyclic amines) is 1. The van der Waals surface area contributed by atoms with Crippen molar-refractivity contribution in [3.63, 3.8) is 0 Å². The van der Waals surface area contributed by atoms with E-state index in [-0.39, 0.29) is 0 Å². The smallest absolute Gasteiger partial charge is 0.133 e. The summed E-state index contributed by atoms with van der Waals surface area (Å²) in [5.41, 5.74) is 3.55. The van der Waals surface area contributed by atoms with Crippen LogP contribution in [0.2, 0.25) is 10.0 Å². The second kappa shape index (κ2) is 7.79. The summed E-state index contributed by atoms with van der Waals surface area (Å²) >= 11 is 12.6. The number of aromatic nitrogens is 2. The van der Waals surface area contributed by atoms with Crippen molar-refractivity contribution in [1.82, 2.24) is 14.7 Å². The molecule has 0 spiro atoms. The second-order valence-corrected chi connectivity index (χ2v) is 8.18. The summed E-state index contributed by atoms with van der Waals surface area (Å²) in [7, 11) is 0. The van der Waals surface area contributed by atoms with Crippen LogP contribution in [0, 0.1) is 0 Å². The van der Waals surface area contributed by atoms with Crippen molar-refractivity contribution in [2.24, 2.45) is 0 Å². The summed E-state index contributed by atoms with van der Waals surface area (Å²) in [5, 5.41) is 9.99. The van der Waals surface area contributed by atoms with E-state index >= 15 is 0 Å². The number of nitrogens with zero attached hydrogens (tertiary/aromatic N) is 3. The van der Waals surface area contributed by atoms with Gasteiger partial charge in [-0.25, -0.2) is 4.68 Å². The zero-order valence-electron chi connectivity index (χ0n) is 15.3. The van der Waals surface area contributed by atoms with E-state index in [4.69, 9.17) is 28.3 Å². The fourth-order valence-corrected chi connectivity index (χ4v) is 4.74. The first-order chi connectivity index (χ1) is 12.7. The first-order valence-corrected chi connectivity index (χ1v) is 10.5. The Balaban J connectivity index is 1.79. The molecule has 0 aliphatic carbocycles. The molecule has 6 heteroatoms. The van der Waals surface area contributed by atoms with E-state index < -0.39 is 0 Å². The minimum atomic E-state index is 0.504. The Morgan fingerprint density at radius 2 is 2.12 bits per heavy atom. The lowest BCUT2D eigenvalue weighted by atomic mass is 9.91. The number of fused-ring (bicyclic) bond motifs is 1. The molecule has 0 amide bonds. The topological polar surface area (TPSA) is 33.1 Å². The molecule has 4 rings (SSSR count). The minimum absolute atomic E-state index is 0.504. The molecule has 2 aliphatic rings. The van der Waals surface area contributed by atoms with E-state index in [1.54, 1.807) is 6.07 Å². The maximum atomic E-state index is 6.51. The van der Waals surface area contributed by atoms with Crippen molar-refractivity contribution in [3.8, 4) is 5.69 Å². The molecule has 2 aromatic rings. The summed E-state index contributed by atoms with van der Waals surface area (Å²) in [4.78, 5) is 2.54. The van der Waals surface area contributed by atoms with Gasteiger partial charge < -0.3 is 10.2 Å². The maximum Gasteiger partial charge on any atom is 0.133 e. The Kier molecular flexibility index (Phi) is 5.44. The molecule has 1 saturated heterocycles. The Hall–Kier alpha value is -1.23. The van der Waals surface area contributed by atoms with Crippen LogP contribution >= 0.6 is 23.2 Å². The number of hydrogen-bond donors (Lipinski definition) is 1. The molecule has 3 heterocycles. The van der Waals surface area contributed by atoms with Gasteiger partial charge in [-0.1, -0.05) is 30.1 Å². The predicted molar refractivity (Wildman–Crippen MR) is 109 cm³/mol. The van der Waals surface area contributed by atoms with Gasteiger partial charge in [0.25, 0.3) is 0 Å². The molecule has 4 nitrogen and oxygen atoms in total. The van der Waals surface area contributed by atoms with Gasteiger partial charge in [0.2, 0.25) is 0 Å². The minimum Gasteiger partial charge on any atom is -0.370 e. The average molecular weight is 393 g/mol. The van der Waals surface area contributed by atoms with Crippen molar-refractivity contribution in [1.29, 1.82) is 0 Å². The van der Waals surface area contributed by atoms with Crippen LogP contribution < -0.4 is 5.32 Å². The maximum absolute atomic E-state index is 6.51. The monoisotopic (exact) mass is 392 g/mol. The SMILES string of the molecule is CCN1CCCC(c2nn(-c3ccc(Cl)cc3Cl)c3c2CCCCN3)C1. The standard InChI is InChI=1S/C20H26Cl2N4/c1-2-25-11-5-6-14(13-25)19-16-7-3-4-10-23-20(16)26(24-19)18-9-8-15(21)12-17(18)22/h8-9,12,14,23H,2-7,10-11,13H2,1H3. The third kappa shape index (κ3) is 3.47. The van der Waals surface area contributed by atoms with Gasteiger partial charge in [0, 0.05) is 29.6 Å². The Bertz CT molecular complexity index is 786. The fraction of sp³-hybridized carbons (Fsp3) is 0.550. The highest BCUT2D eigenvalue weighted by Crippen LogP contribution is 2.37. The molecule has 0 bridgehead atoms. The van der Waals surface area contributed by atoms with E-state index in [9.17, 15) is 0 Å².